The van der Waals surface area contributed by atoms with Crippen molar-refractivity contribution in [2.45, 2.75) is 32.9 Å². The van der Waals surface area contributed by atoms with Crippen LogP contribution in [0.15, 0.2) is 54.6 Å². The molecule has 2 aromatic carbocycles. The first-order valence-electron chi connectivity index (χ1n) is 9.98. The lowest BCUT2D eigenvalue weighted by Crippen LogP contribution is -2.51. The molecule has 2 amide bonds. The molecule has 2 aromatic rings. The van der Waals surface area contributed by atoms with E-state index in [9.17, 15) is 18.0 Å². The third-order valence-electron chi connectivity index (χ3n) is 4.71. The van der Waals surface area contributed by atoms with Crippen molar-refractivity contribution in [3.05, 3.63) is 65.2 Å². The molecule has 0 aromatic heterocycles. The van der Waals surface area contributed by atoms with Gasteiger partial charge < -0.3 is 10.2 Å². The molecule has 0 saturated heterocycles. The molecule has 1 N–H and O–H groups in total. The summed E-state index contributed by atoms with van der Waals surface area (Å²) in [5.41, 5.74) is 1.04. The van der Waals surface area contributed by atoms with Gasteiger partial charge in [-0.15, -0.1) is 0 Å². The second-order valence-electron chi connectivity index (χ2n) is 7.20. The van der Waals surface area contributed by atoms with Gasteiger partial charge in [-0.25, -0.2) is 8.42 Å². The zero-order valence-corrected chi connectivity index (χ0v) is 19.5. The van der Waals surface area contributed by atoms with Crippen molar-refractivity contribution in [3.8, 4) is 0 Å². The molecule has 0 fully saturated rings. The predicted octanol–water partition coefficient (Wildman–Crippen LogP) is 3.05. The van der Waals surface area contributed by atoms with Gasteiger partial charge in [0.25, 0.3) is 0 Å². The molecule has 0 radical (unpaired) electrons. The Labute approximate surface area is 189 Å². The summed E-state index contributed by atoms with van der Waals surface area (Å²) in [6, 6.07) is 14.9. The highest BCUT2D eigenvalue weighted by Crippen LogP contribution is 2.27. The fourth-order valence-electron chi connectivity index (χ4n) is 3.01. The number of anilines is 1. The lowest BCUT2D eigenvalue weighted by Gasteiger charge is -2.31. The smallest absolute Gasteiger partial charge is 0.244 e. The maximum absolute atomic E-state index is 13.3. The molecule has 1 atom stereocenters. The van der Waals surface area contributed by atoms with Crippen LogP contribution in [0.25, 0.3) is 0 Å². The second kappa shape index (κ2) is 11.2. The molecule has 0 spiro atoms. The predicted molar refractivity (Wildman–Crippen MR) is 123 cm³/mol. The van der Waals surface area contributed by atoms with Crippen LogP contribution in [0, 0.1) is 0 Å². The molecule has 2 rings (SSSR count). The summed E-state index contributed by atoms with van der Waals surface area (Å²) >= 11 is 6.19. The zero-order valence-electron chi connectivity index (χ0n) is 17.9. The van der Waals surface area contributed by atoms with Gasteiger partial charge in [0.1, 0.15) is 12.6 Å². The van der Waals surface area contributed by atoms with Crippen molar-refractivity contribution >= 4 is 39.1 Å². The molecule has 0 aliphatic rings. The van der Waals surface area contributed by atoms with E-state index in [1.54, 1.807) is 25.1 Å². The van der Waals surface area contributed by atoms with Gasteiger partial charge in [-0.2, -0.15) is 0 Å². The van der Waals surface area contributed by atoms with Crippen LogP contribution in [0.5, 0.6) is 0 Å². The van der Waals surface area contributed by atoms with Crippen molar-refractivity contribution in [2.24, 2.45) is 0 Å². The van der Waals surface area contributed by atoms with Crippen LogP contribution in [0.3, 0.4) is 0 Å². The Morgan fingerprint density at radius 1 is 1.06 bits per heavy atom. The van der Waals surface area contributed by atoms with Crippen molar-refractivity contribution in [1.29, 1.82) is 0 Å². The lowest BCUT2D eigenvalue weighted by atomic mass is 10.1. The largest absolute Gasteiger partial charge is 0.354 e. The van der Waals surface area contributed by atoms with Crippen LogP contribution in [0.1, 0.15) is 25.8 Å². The Morgan fingerprint density at radius 2 is 1.68 bits per heavy atom. The van der Waals surface area contributed by atoms with E-state index in [4.69, 9.17) is 11.6 Å². The summed E-state index contributed by atoms with van der Waals surface area (Å²) in [6.45, 7) is 3.75. The number of hydrogen-bond donors (Lipinski definition) is 1. The maximum atomic E-state index is 13.3. The van der Waals surface area contributed by atoms with Crippen LogP contribution in [-0.2, 0) is 26.2 Å². The number of nitrogens with one attached hydrogen (secondary N) is 1. The normalized spacial score (nSPS) is 12.1. The third-order valence-corrected chi connectivity index (χ3v) is 6.16. The molecule has 1 unspecified atom stereocenters. The summed E-state index contributed by atoms with van der Waals surface area (Å²) in [5.74, 6) is -0.803. The van der Waals surface area contributed by atoms with E-state index in [2.05, 4.69) is 5.32 Å². The van der Waals surface area contributed by atoms with E-state index in [0.717, 1.165) is 22.5 Å². The molecule has 9 heteroatoms. The molecule has 0 aliphatic heterocycles. The molecule has 7 nitrogen and oxygen atoms in total. The molecule has 31 heavy (non-hydrogen) atoms. The average Bonchev–Trinajstić information content (AvgIpc) is 2.74. The summed E-state index contributed by atoms with van der Waals surface area (Å²) in [6.07, 6.45) is 1.78. The third kappa shape index (κ3) is 6.97. The summed E-state index contributed by atoms with van der Waals surface area (Å²) in [4.78, 5) is 27.3. The summed E-state index contributed by atoms with van der Waals surface area (Å²) in [5, 5.41) is 3.00. The topological polar surface area (TPSA) is 86.8 Å². The fraction of sp³-hybridized carbons (Fsp3) is 0.364. The molecular formula is C22H28ClN3O4S. The highest BCUT2D eigenvalue weighted by molar-refractivity contribution is 7.92. The van der Waals surface area contributed by atoms with Gasteiger partial charge in [0.15, 0.2) is 0 Å². The van der Waals surface area contributed by atoms with E-state index in [-0.39, 0.29) is 23.2 Å². The minimum Gasteiger partial charge on any atom is -0.354 e. The molecule has 0 bridgehead atoms. The van der Waals surface area contributed by atoms with Crippen molar-refractivity contribution in [2.75, 3.05) is 23.7 Å². The number of sulfonamides is 1. The lowest BCUT2D eigenvalue weighted by molar-refractivity contribution is -0.139. The average molecular weight is 466 g/mol. The summed E-state index contributed by atoms with van der Waals surface area (Å²) in [7, 11) is -3.80. The van der Waals surface area contributed by atoms with E-state index in [1.165, 1.54) is 11.0 Å². The first-order chi connectivity index (χ1) is 14.6. The number of rotatable bonds is 10. The minimum absolute atomic E-state index is 0.167. The number of para-hydroxylation sites is 1. The van der Waals surface area contributed by atoms with E-state index in [1.807, 2.05) is 37.3 Å². The number of amides is 2. The molecule has 0 heterocycles. The zero-order chi connectivity index (χ0) is 23.0. The Hall–Kier alpha value is -2.58. The standard InChI is InChI=1S/C22H28ClN3O4S/c1-4-14-24-22(28)17(2)25(15-18-10-6-5-7-11-18)21(27)16-26(31(3,29)30)20-13-9-8-12-19(20)23/h5-13,17H,4,14-16H2,1-3H3,(H,24,28). The van der Waals surface area contributed by atoms with Gasteiger partial charge in [0.2, 0.25) is 21.8 Å². The van der Waals surface area contributed by atoms with Gasteiger partial charge in [0, 0.05) is 13.1 Å². The van der Waals surface area contributed by atoms with Gasteiger partial charge >= 0.3 is 0 Å². The maximum Gasteiger partial charge on any atom is 0.244 e. The Bertz CT molecular complexity index is 999. The van der Waals surface area contributed by atoms with Crippen molar-refractivity contribution < 1.29 is 18.0 Å². The number of halogens is 1. The summed E-state index contributed by atoms with van der Waals surface area (Å²) < 4.78 is 25.9. The Morgan fingerprint density at radius 3 is 2.26 bits per heavy atom. The molecule has 168 valence electrons. The number of benzene rings is 2. The highest BCUT2D eigenvalue weighted by atomic mass is 35.5. The van der Waals surface area contributed by atoms with Crippen LogP contribution < -0.4 is 9.62 Å². The Balaban J connectivity index is 2.35. The van der Waals surface area contributed by atoms with E-state index in [0.29, 0.717) is 6.54 Å². The molecule has 0 aliphatic carbocycles. The van der Waals surface area contributed by atoms with Gasteiger partial charge in [-0.3, -0.25) is 13.9 Å². The van der Waals surface area contributed by atoms with E-state index < -0.39 is 28.5 Å². The first-order valence-corrected chi connectivity index (χ1v) is 12.2. The van der Waals surface area contributed by atoms with Crippen molar-refractivity contribution in [1.82, 2.24) is 10.2 Å². The highest BCUT2D eigenvalue weighted by Gasteiger charge is 2.30. The van der Waals surface area contributed by atoms with Crippen LogP contribution >= 0.6 is 11.6 Å². The molecule has 0 saturated carbocycles. The SMILES string of the molecule is CCCNC(=O)C(C)N(Cc1ccccc1)C(=O)CN(c1ccccc1Cl)S(C)(=O)=O. The van der Waals surface area contributed by atoms with Crippen LogP contribution in [0.4, 0.5) is 5.69 Å². The van der Waals surface area contributed by atoms with Gasteiger partial charge in [-0.05, 0) is 31.0 Å². The number of hydrogen-bond acceptors (Lipinski definition) is 4. The number of carbonyl (C=O) groups is 2. The fourth-order valence-corrected chi connectivity index (χ4v) is 4.16. The van der Waals surface area contributed by atoms with E-state index >= 15 is 0 Å². The Kier molecular flexibility index (Phi) is 8.88. The van der Waals surface area contributed by atoms with Crippen molar-refractivity contribution in [3.63, 3.8) is 0 Å². The minimum atomic E-state index is -3.80. The number of carbonyl (C=O) groups excluding carboxylic acids is 2. The second-order valence-corrected chi connectivity index (χ2v) is 9.51. The monoisotopic (exact) mass is 465 g/mol. The van der Waals surface area contributed by atoms with Crippen LogP contribution in [-0.4, -0.2) is 50.5 Å². The number of nitrogens with zero attached hydrogens (tertiary/aromatic N) is 2. The van der Waals surface area contributed by atoms with Crippen LogP contribution in [0.2, 0.25) is 5.02 Å². The molecular weight excluding hydrogens is 438 g/mol. The van der Waals surface area contributed by atoms with Gasteiger partial charge in [0.05, 0.1) is 17.0 Å². The van der Waals surface area contributed by atoms with Gasteiger partial charge in [-0.1, -0.05) is 61.0 Å². The first kappa shape index (κ1) is 24.7. The quantitative estimate of drug-likeness (QED) is 0.584.